The molecule has 1 saturated heterocycles. The van der Waals surface area contributed by atoms with Crippen molar-refractivity contribution < 1.29 is 4.79 Å². The maximum absolute atomic E-state index is 12.6. The molecule has 2 heterocycles. The van der Waals surface area contributed by atoms with E-state index in [1.165, 1.54) is 0 Å². The lowest BCUT2D eigenvalue weighted by Crippen LogP contribution is -2.34. The van der Waals surface area contributed by atoms with Crippen molar-refractivity contribution in [2.45, 2.75) is 12.5 Å². The second-order valence-electron chi connectivity index (χ2n) is 5.68. The van der Waals surface area contributed by atoms with Gasteiger partial charge in [0, 0.05) is 24.5 Å². The first kappa shape index (κ1) is 14.3. The van der Waals surface area contributed by atoms with E-state index >= 15 is 0 Å². The molecule has 1 aromatic heterocycles. The van der Waals surface area contributed by atoms with Crippen molar-refractivity contribution in [2.24, 2.45) is 0 Å². The molecular formula is C16H18ClN3O. The highest BCUT2D eigenvalue weighted by Gasteiger charge is 2.29. The van der Waals surface area contributed by atoms with Gasteiger partial charge in [0.25, 0.3) is 5.91 Å². The monoisotopic (exact) mass is 303 g/mol. The van der Waals surface area contributed by atoms with E-state index in [9.17, 15) is 4.79 Å². The van der Waals surface area contributed by atoms with Crippen molar-refractivity contribution in [3.05, 3.63) is 41.2 Å². The number of carbonyl (C=O) groups excluding carboxylic acids is 1. The second-order valence-corrected chi connectivity index (χ2v) is 6.03. The van der Waals surface area contributed by atoms with E-state index < -0.39 is 0 Å². The van der Waals surface area contributed by atoms with Crippen LogP contribution in [-0.2, 0) is 0 Å². The van der Waals surface area contributed by atoms with E-state index in [0.29, 0.717) is 16.9 Å². The number of likely N-dealkylation sites (tertiary alicyclic amines) is 1. The molecule has 1 atom stereocenters. The molecule has 1 aliphatic rings. The summed E-state index contributed by atoms with van der Waals surface area (Å²) in [6.45, 7) is 1.52. The van der Waals surface area contributed by atoms with Crippen LogP contribution >= 0.6 is 11.6 Å². The Morgan fingerprint density at radius 3 is 2.86 bits per heavy atom. The molecule has 0 radical (unpaired) electrons. The van der Waals surface area contributed by atoms with Crippen molar-refractivity contribution in [1.82, 2.24) is 14.8 Å². The van der Waals surface area contributed by atoms with Gasteiger partial charge in [0.2, 0.25) is 0 Å². The molecule has 0 N–H and O–H groups in total. The van der Waals surface area contributed by atoms with Crippen LogP contribution in [0, 0.1) is 0 Å². The zero-order valence-electron chi connectivity index (χ0n) is 12.2. The van der Waals surface area contributed by atoms with Crippen LogP contribution < -0.4 is 0 Å². The third-order valence-electron chi connectivity index (χ3n) is 4.09. The van der Waals surface area contributed by atoms with Crippen LogP contribution in [0.4, 0.5) is 0 Å². The van der Waals surface area contributed by atoms with E-state index in [-0.39, 0.29) is 5.91 Å². The summed E-state index contributed by atoms with van der Waals surface area (Å²) in [4.78, 5) is 20.9. The van der Waals surface area contributed by atoms with Gasteiger partial charge in [-0.3, -0.25) is 4.79 Å². The molecule has 0 saturated carbocycles. The normalized spacial score (nSPS) is 18.7. The quantitative estimate of drug-likeness (QED) is 0.800. The summed E-state index contributed by atoms with van der Waals surface area (Å²) in [7, 11) is 4.09. The first-order valence-electron chi connectivity index (χ1n) is 7.07. The molecule has 2 aromatic rings. The summed E-state index contributed by atoms with van der Waals surface area (Å²) in [6.07, 6.45) is 1.00. The van der Waals surface area contributed by atoms with E-state index in [0.717, 1.165) is 30.3 Å². The fraction of sp³-hybridized carbons (Fsp3) is 0.375. The number of hydrogen-bond donors (Lipinski definition) is 0. The lowest BCUT2D eigenvalue weighted by atomic mass is 10.1. The fourth-order valence-electron chi connectivity index (χ4n) is 2.78. The number of halogens is 1. The van der Waals surface area contributed by atoms with Gasteiger partial charge in [-0.25, -0.2) is 4.98 Å². The average molecular weight is 304 g/mol. The largest absolute Gasteiger partial charge is 0.336 e. The van der Waals surface area contributed by atoms with Crippen LogP contribution in [0.3, 0.4) is 0 Å². The zero-order chi connectivity index (χ0) is 15.0. The summed E-state index contributed by atoms with van der Waals surface area (Å²) in [5.74, 6) is -0.0352. The molecule has 1 aliphatic heterocycles. The number of aromatic nitrogens is 1. The predicted molar refractivity (Wildman–Crippen MR) is 84.7 cm³/mol. The molecule has 110 valence electrons. The standard InChI is InChI=1S/C16H18ClN3O/c1-19(2)12-7-8-20(10-12)16(21)14-9-11-5-3-4-6-13(11)15(17)18-14/h3-6,9,12H,7-8,10H2,1-2H3. The molecule has 1 fully saturated rings. The number of rotatable bonds is 2. The third-order valence-corrected chi connectivity index (χ3v) is 4.38. The highest BCUT2D eigenvalue weighted by atomic mass is 35.5. The Morgan fingerprint density at radius 1 is 1.38 bits per heavy atom. The van der Waals surface area contributed by atoms with Gasteiger partial charge >= 0.3 is 0 Å². The first-order valence-corrected chi connectivity index (χ1v) is 7.45. The van der Waals surface area contributed by atoms with Crippen LogP contribution in [0.25, 0.3) is 10.8 Å². The number of benzene rings is 1. The smallest absolute Gasteiger partial charge is 0.272 e. The maximum Gasteiger partial charge on any atom is 0.272 e. The van der Waals surface area contributed by atoms with Crippen LogP contribution in [0.15, 0.2) is 30.3 Å². The Morgan fingerprint density at radius 2 is 2.14 bits per heavy atom. The lowest BCUT2D eigenvalue weighted by Gasteiger charge is -2.20. The van der Waals surface area contributed by atoms with E-state index in [1.807, 2.05) is 49.3 Å². The molecule has 1 unspecified atom stereocenters. The van der Waals surface area contributed by atoms with E-state index in [1.54, 1.807) is 0 Å². The number of nitrogens with zero attached hydrogens (tertiary/aromatic N) is 3. The summed E-state index contributed by atoms with van der Waals surface area (Å²) in [5, 5.41) is 2.22. The Kier molecular flexibility index (Phi) is 3.83. The zero-order valence-corrected chi connectivity index (χ0v) is 13.0. The molecule has 0 aliphatic carbocycles. The lowest BCUT2D eigenvalue weighted by molar-refractivity contribution is 0.0777. The third kappa shape index (κ3) is 2.74. The molecule has 4 nitrogen and oxygen atoms in total. The highest BCUT2D eigenvalue weighted by molar-refractivity contribution is 6.34. The molecular weight excluding hydrogens is 286 g/mol. The van der Waals surface area contributed by atoms with Gasteiger partial charge < -0.3 is 9.80 Å². The molecule has 5 heteroatoms. The summed E-state index contributed by atoms with van der Waals surface area (Å²) < 4.78 is 0. The van der Waals surface area contributed by atoms with Gasteiger partial charge in [-0.1, -0.05) is 35.9 Å². The van der Waals surface area contributed by atoms with Gasteiger partial charge in [0.05, 0.1) is 0 Å². The number of hydrogen-bond acceptors (Lipinski definition) is 3. The Hall–Kier alpha value is -1.65. The van der Waals surface area contributed by atoms with Gasteiger partial charge in [0.1, 0.15) is 10.8 Å². The molecule has 21 heavy (non-hydrogen) atoms. The minimum Gasteiger partial charge on any atom is -0.336 e. The SMILES string of the molecule is CN(C)C1CCN(C(=O)c2cc3ccccc3c(Cl)n2)C1. The van der Waals surface area contributed by atoms with Gasteiger partial charge in [-0.2, -0.15) is 0 Å². The van der Waals surface area contributed by atoms with Gasteiger partial charge in [-0.05, 0) is 32.0 Å². The number of pyridine rings is 1. The predicted octanol–water partition coefficient (Wildman–Crippen LogP) is 2.66. The van der Waals surface area contributed by atoms with Crippen LogP contribution in [-0.4, -0.2) is 53.9 Å². The highest BCUT2D eigenvalue weighted by Crippen LogP contribution is 2.24. The van der Waals surface area contributed by atoms with Crippen molar-refractivity contribution in [2.75, 3.05) is 27.2 Å². The van der Waals surface area contributed by atoms with Crippen molar-refractivity contribution >= 4 is 28.3 Å². The van der Waals surface area contributed by atoms with Crippen LogP contribution in [0.5, 0.6) is 0 Å². The Labute approximate surface area is 129 Å². The summed E-state index contributed by atoms with van der Waals surface area (Å²) in [5.41, 5.74) is 0.429. The minimum absolute atomic E-state index is 0.0352. The van der Waals surface area contributed by atoms with Gasteiger partial charge in [-0.15, -0.1) is 0 Å². The number of likely N-dealkylation sites (N-methyl/N-ethyl adjacent to an activating group) is 1. The van der Waals surface area contributed by atoms with Crippen LogP contribution in [0.1, 0.15) is 16.9 Å². The average Bonchev–Trinajstić information content (AvgIpc) is 2.96. The topological polar surface area (TPSA) is 36.4 Å². The number of carbonyl (C=O) groups is 1. The van der Waals surface area contributed by atoms with Gasteiger partial charge in [0.15, 0.2) is 0 Å². The molecule has 0 spiro atoms. The first-order chi connectivity index (χ1) is 10.1. The molecule has 0 bridgehead atoms. The Balaban J connectivity index is 1.89. The Bertz CT molecular complexity index is 686. The number of fused-ring (bicyclic) bond motifs is 1. The minimum atomic E-state index is -0.0352. The molecule has 1 amide bonds. The van der Waals surface area contributed by atoms with E-state index in [4.69, 9.17) is 11.6 Å². The molecule has 3 rings (SSSR count). The van der Waals surface area contributed by atoms with Crippen molar-refractivity contribution in [1.29, 1.82) is 0 Å². The van der Waals surface area contributed by atoms with Crippen molar-refractivity contribution in [3.63, 3.8) is 0 Å². The fourth-order valence-corrected chi connectivity index (χ4v) is 3.04. The van der Waals surface area contributed by atoms with Crippen LogP contribution in [0.2, 0.25) is 5.15 Å². The summed E-state index contributed by atoms with van der Waals surface area (Å²) in [6, 6.07) is 9.96. The maximum atomic E-state index is 12.6. The number of amides is 1. The van der Waals surface area contributed by atoms with E-state index in [2.05, 4.69) is 9.88 Å². The molecule has 1 aromatic carbocycles. The second kappa shape index (κ2) is 5.62. The summed E-state index contributed by atoms with van der Waals surface area (Å²) >= 11 is 6.20. The van der Waals surface area contributed by atoms with Crippen molar-refractivity contribution in [3.8, 4) is 0 Å².